The number of sulfone groups is 1. The fraction of sp³-hybridized carbons (Fsp3) is 0.333. The van der Waals surface area contributed by atoms with Crippen LogP contribution >= 0.6 is 0 Å². The first-order chi connectivity index (χ1) is 13.1. The van der Waals surface area contributed by atoms with Crippen LogP contribution in [-0.4, -0.2) is 61.8 Å². The summed E-state index contributed by atoms with van der Waals surface area (Å²) in [5.74, 6) is -2.19. The first-order valence-electron chi connectivity index (χ1n) is 8.24. The molecule has 0 radical (unpaired) electrons. The number of allylic oxidation sites excluding steroid dienone is 1. The van der Waals surface area contributed by atoms with Crippen molar-refractivity contribution in [3.05, 3.63) is 36.4 Å². The van der Waals surface area contributed by atoms with Gasteiger partial charge in [-0.15, -0.1) is 0 Å². The Labute approximate surface area is 162 Å². The maximum Gasteiger partial charge on any atom is 0.304 e. The number of carboxylic acid groups (broad SMARTS) is 1. The number of ether oxygens (including phenoxy) is 1. The average molecular weight is 408 g/mol. The number of benzene rings is 1. The van der Waals surface area contributed by atoms with Crippen LogP contribution in [0.2, 0.25) is 0 Å². The molecule has 1 amide bonds. The highest BCUT2D eigenvalue weighted by atomic mass is 32.2. The molecular formula is C18H20N2O7S. The number of carbonyl (C=O) groups is 3. The summed E-state index contributed by atoms with van der Waals surface area (Å²) in [5, 5.41) is 9.92. The van der Waals surface area contributed by atoms with Gasteiger partial charge >= 0.3 is 5.97 Å². The maximum atomic E-state index is 13.3. The molecule has 28 heavy (non-hydrogen) atoms. The molecule has 0 spiro atoms. The zero-order valence-corrected chi connectivity index (χ0v) is 16.1. The van der Waals surface area contributed by atoms with Crippen molar-refractivity contribution in [1.82, 2.24) is 5.32 Å². The Morgan fingerprint density at radius 1 is 1.25 bits per heavy atom. The van der Waals surface area contributed by atoms with Crippen LogP contribution in [0, 0.1) is 0 Å². The number of rotatable bonds is 9. The molecule has 0 aliphatic carbocycles. The van der Waals surface area contributed by atoms with Crippen molar-refractivity contribution in [1.29, 1.82) is 0 Å². The van der Waals surface area contributed by atoms with Crippen molar-refractivity contribution < 1.29 is 32.6 Å². The topological polar surface area (TPSA) is 139 Å². The van der Waals surface area contributed by atoms with E-state index in [4.69, 9.17) is 4.74 Å². The Hall–Kier alpha value is -3.01. The Morgan fingerprint density at radius 3 is 2.36 bits per heavy atom. The second-order valence-corrected chi connectivity index (χ2v) is 8.23. The molecule has 1 aliphatic heterocycles. The zero-order chi connectivity index (χ0) is 20.9. The van der Waals surface area contributed by atoms with E-state index >= 15 is 0 Å². The molecule has 1 heterocycles. The first-order valence-corrected chi connectivity index (χ1v) is 9.78. The van der Waals surface area contributed by atoms with Crippen molar-refractivity contribution in [2.24, 2.45) is 4.99 Å². The van der Waals surface area contributed by atoms with E-state index in [1.54, 1.807) is 0 Å². The molecular weight excluding hydrogens is 388 g/mol. The molecule has 0 aromatic heterocycles. The van der Waals surface area contributed by atoms with Gasteiger partial charge in [0.05, 0.1) is 25.0 Å². The van der Waals surface area contributed by atoms with Gasteiger partial charge in [-0.05, 0) is 36.4 Å². The smallest absolute Gasteiger partial charge is 0.304 e. The highest BCUT2D eigenvalue weighted by Crippen LogP contribution is 2.34. The van der Waals surface area contributed by atoms with Crippen LogP contribution in [0.25, 0.3) is 0 Å². The maximum absolute atomic E-state index is 13.3. The fourth-order valence-corrected chi connectivity index (χ4v) is 4.82. The number of hydrogen-bond donors (Lipinski definition) is 2. The third-order valence-corrected chi connectivity index (χ3v) is 6.49. The predicted molar refractivity (Wildman–Crippen MR) is 100 cm³/mol. The molecule has 10 heteroatoms. The molecule has 2 atom stereocenters. The predicted octanol–water partition coefficient (Wildman–Crippen LogP) is 0.397. The summed E-state index contributed by atoms with van der Waals surface area (Å²) in [4.78, 5) is 39.3. The number of carbonyl (C=O) groups excluding carboxylic acids is 2. The number of hydrogen-bond acceptors (Lipinski definition) is 7. The summed E-state index contributed by atoms with van der Waals surface area (Å²) in [5.41, 5.74) is -1.94. The summed E-state index contributed by atoms with van der Waals surface area (Å²) in [6, 6.07) is 5.39. The SMILES string of the molecule is COc1ccc(S(=O)(=O)C(CC(=O)O)C2(C(=O)CNC(C)=O)C=CC=N2)cc1. The molecule has 0 fully saturated rings. The Kier molecular flexibility index (Phi) is 6.34. The van der Waals surface area contributed by atoms with Gasteiger partial charge < -0.3 is 15.2 Å². The fourth-order valence-electron chi connectivity index (χ4n) is 2.87. The first kappa shape index (κ1) is 21.3. The normalized spacial score (nSPS) is 19.2. The van der Waals surface area contributed by atoms with E-state index in [0.717, 1.165) is 0 Å². The summed E-state index contributed by atoms with van der Waals surface area (Å²) < 4.78 is 31.5. The molecule has 0 saturated heterocycles. The second kappa shape index (κ2) is 8.34. The molecule has 1 aromatic rings. The number of methoxy groups -OCH3 is 1. The molecule has 0 bridgehead atoms. The van der Waals surface area contributed by atoms with Gasteiger partial charge in [-0.1, -0.05) is 0 Å². The van der Waals surface area contributed by atoms with E-state index in [1.807, 2.05) is 0 Å². The number of nitrogens with zero attached hydrogens (tertiary/aromatic N) is 1. The zero-order valence-electron chi connectivity index (χ0n) is 15.3. The number of ketones is 1. The number of aliphatic carboxylic acids is 1. The van der Waals surface area contributed by atoms with Gasteiger partial charge in [-0.2, -0.15) is 0 Å². The molecule has 0 saturated carbocycles. The average Bonchev–Trinajstić information content (AvgIpc) is 3.14. The van der Waals surface area contributed by atoms with Gasteiger partial charge in [0.2, 0.25) is 5.91 Å². The van der Waals surface area contributed by atoms with E-state index in [-0.39, 0.29) is 4.90 Å². The van der Waals surface area contributed by atoms with E-state index in [1.165, 1.54) is 56.7 Å². The van der Waals surface area contributed by atoms with Crippen LogP contribution < -0.4 is 10.1 Å². The third kappa shape index (κ3) is 4.28. The Bertz CT molecular complexity index is 921. The lowest BCUT2D eigenvalue weighted by Gasteiger charge is -2.31. The largest absolute Gasteiger partial charge is 0.497 e. The van der Waals surface area contributed by atoms with Crippen LogP contribution in [0.5, 0.6) is 5.75 Å². The van der Waals surface area contributed by atoms with Crippen LogP contribution in [0.1, 0.15) is 13.3 Å². The van der Waals surface area contributed by atoms with Gasteiger partial charge in [-0.25, -0.2) is 8.42 Å². The summed E-state index contributed by atoms with van der Waals surface area (Å²) in [6.07, 6.45) is 3.03. The van der Waals surface area contributed by atoms with Gasteiger partial charge in [0.15, 0.2) is 21.2 Å². The van der Waals surface area contributed by atoms with Crippen molar-refractivity contribution in [3.8, 4) is 5.75 Å². The van der Waals surface area contributed by atoms with E-state index in [0.29, 0.717) is 5.75 Å². The minimum absolute atomic E-state index is 0.165. The number of amides is 1. The number of Topliss-reactive ketones (excluding diaryl/α,β-unsaturated/α-hetero) is 1. The molecule has 2 unspecified atom stereocenters. The van der Waals surface area contributed by atoms with Crippen LogP contribution in [0.4, 0.5) is 0 Å². The lowest BCUT2D eigenvalue weighted by atomic mass is 9.89. The van der Waals surface area contributed by atoms with Gasteiger partial charge in [0.1, 0.15) is 11.0 Å². The van der Waals surface area contributed by atoms with E-state index in [2.05, 4.69) is 10.3 Å². The Morgan fingerprint density at radius 2 is 1.89 bits per heavy atom. The van der Waals surface area contributed by atoms with Crippen molar-refractivity contribution in [3.63, 3.8) is 0 Å². The van der Waals surface area contributed by atoms with Crippen molar-refractivity contribution in [2.45, 2.75) is 29.0 Å². The summed E-state index contributed by atoms with van der Waals surface area (Å²) >= 11 is 0. The van der Waals surface area contributed by atoms with Crippen LogP contribution in [0.15, 0.2) is 46.3 Å². The third-order valence-electron chi connectivity index (χ3n) is 4.28. The highest BCUT2D eigenvalue weighted by molar-refractivity contribution is 7.92. The summed E-state index contributed by atoms with van der Waals surface area (Å²) in [6.45, 7) is 0.724. The van der Waals surface area contributed by atoms with Gasteiger partial charge in [0.25, 0.3) is 0 Å². The van der Waals surface area contributed by atoms with E-state index < -0.39 is 51.3 Å². The Balaban J connectivity index is 2.54. The van der Waals surface area contributed by atoms with Crippen LogP contribution in [0.3, 0.4) is 0 Å². The molecule has 2 rings (SSSR count). The second-order valence-electron chi connectivity index (χ2n) is 6.10. The van der Waals surface area contributed by atoms with Crippen molar-refractivity contribution >= 4 is 33.7 Å². The molecule has 150 valence electrons. The lowest BCUT2D eigenvalue weighted by molar-refractivity contribution is -0.137. The minimum Gasteiger partial charge on any atom is -0.497 e. The quantitative estimate of drug-likeness (QED) is 0.603. The highest BCUT2D eigenvalue weighted by Gasteiger charge is 2.51. The monoisotopic (exact) mass is 408 g/mol. The van der Waals surface area contributed by atoms with Crippen molar-refractivity contribution in [2.75, 3.05) is 13.7 Å². The molecule has 1 aromatic carbocycles. The lowest BCUT2D eigenvalue weighted by Crippen LogP contribution is -2.53. The number of aliphatic imine (C=N–C) groups is 1. The number of carboxylic acids is 1. The summed E-state index contributed by atoms with van der Waals surface area (Å²) in [7, 11) is -2.86. The standard InChI is InChI=1S/C18H20N2O7S/c1-12(21)19-11-15(22)18(8-3-9-20-18)16(10-17(23)24)28(25,26)14-6-4-13(27-2)5-7-14/h3-9,16H,10-11H2,1-2H3,(H,19,21)(H,23,24). The molecule has 2 N–H and O–H groups in total. The minimum atomic E-state index is -4.28. The molecule has 9 nitrogen and oxygen atoms in total. The molecule has 1 aliphatic rings. The number of nitrogens with one attached hydrogen (secondary N) is 1. The van der Waals surface area contributed by atoms with E-state index in [9.17, 15) is 27.9 Å². The van der Waals surface area contributed by atoms with Gasteiger partial charge in [0, 0.05) is 13.1 Å². The van der Waals surface area contributed by atoms with Crippen LogP contribution in [-0.2, 0) is 24.2 Å². The van der Waals surface area contributed by atoms with Gasteiger partial charge in [-0.3, -0.25) is 19.4 Å².